The van der Waals surface area contributed by atoms with Crippen LogP contribution in [0.1, 0.15) is 11.3 Å². The SMILES string of the molecule is COCCN(Cc1cccn1Cc1cccc(Cl)c1)C(=O)Nc1ccccc1. The summed E-state index contributed by atoms with van der Waals surface area (Å²) in [5, 5.41) is 3.66. The lowest BCUT2D eigenvalue weighted by molar-refractivity contribution is 0.152. The molecule has 2 aromatic carbocycles. The zero-order chi connectivity index (χ0) is 19.8. The molecule has 0 saturated heterocycles. The van der Waals surface area contributed by atoms with Crippen molar-refractivity contribution in [1.82, 2.24) is 9.47 Å². The van der Waals surface area contributed by atoms with E-state index in [4.69, 9.17) is 16.3 Å². The smallest absolute Gasteiger partial charge is 0.322 e. The molecule has 0 bridgehead atoms. The second kappa shape index (κ2) is 9.97. The predicted molar refractivity (Wildman–Crippen MR) is 113 cm³/mol. The van der Waals surface area contributed by atoms with Gasteiger partial charge in [0.1, 0.15) is 0 Å². The first-order chi connectivity index (χ1) is 13.7. The van der Waals surface area contributed by atoms with E-state index in [0.717, 1.165) is 22.0 Å². The molecule has 0 aliphatic rings. The number of nitrogens with one attached hydrogen (secondary N) is 1. The van der Waals surface area contributed by atoms with Gasteiger partial charge in [0.05, 0.1) is 13.2 Å². The van der Waals surface area contributed by atoms with Crippen molar-refractivity contribution in [2.45, 2.75) is 13.1 Å². The van der Waals surface area contributed by atoms with Gasteiger partial charge in [-0.1, -0.05) is 41.9 Å². The fourth-order valence-electron chi connectivity index (χ4n) is 2.95. The maximum absolute atomic E-state index is 12.8. The van der Waals surface area contributed by atoms with Crippen molar-refractivity contribution in [3.8, 4) is 0 Å². The Morgan fingerprint density at radius 1 is 1.11 bits per heavy atom. The van der Waals surface area contributed by atoms with Gasteiger partial charge in [-0.15, -0.1) is 0 Å². The summed E-state index contributed by atoms with van der Waals surface area (Å²) in [6.45, 7) is 2.14. The topological polar surface area (TPSA) is 46.5 Å². The van der Waals surface area contributed by atoms with Crippen molar-refractivity contribution in [2.24, 2.45) is 0 Å². The second-order valence-corrected chi connectivity index (χ2v) is 6.90. The number of anilines is 1. The highest BCUT2D eigenvalue weighted by Crippen LogP contribution is 2.15. The number of halogens is 1. The molecule has 1 heterocycles. The van der Waals surface area contributed by atoms with Gasteiger partial charge in [-0.25, -0.2) is 4.79 Å². The molecule has 28 heavy (non-hydrogen) atoms. The summed E-state index contributed by atoms with van der Waals surface area (Å²) in [6.07, 6.45) is 2.01. The minimum atomic E-state index is -0.154. The highest BCUT2D eigenvalue weighted by molar-refractivity contribution is 6.30. The molecule has 0 saturated carbocycles. The van der Waals surface area contributed by atoms with Crippen molar-refractivity contribution < 1.29 is 9.53 Å². The van der Waals surface area contributed by atoms with Crippen LogP contribution in [0.2, 0.25) is 5.02 Å². The number of hydrogen-bond acceptors (Lipinski definition) is 2. The molecule has 146 valence electrons. The van der Waals surface area contributed by atoms with Crippen molar-refractivity contribution >= 4 is 23.3 Å². The van der Waals surface area contributed by atoms with Crippen LogP contribution < -0.4 is 5.32 Å². The lowest BCUT2D eigenvalue weighted by Gasteiger charge is -2.24. The van der Waals surface area contributed by atoms with Gasteiger partial charge in [0.2, 0.25) is 0 Å². The molecule has 5 nitrogen and oxygen atoms in total. The number of hydrogen-bond donors (Lipinski definition) is 1. The van der Waals surface area contributed by atoms with Crippen LogP contribution >= 0.6 is 11.6 Å². The quantitative estimate of drug-likeness (QED) is 0.589. The van der Waals surface area contributed by atoms with Crippen LogP contribution in [-0.4, -0.2) is 35.8 Å². The van der Waals surface area contributed by atoms with Crippen LogP contribution in [-0.2, 0) is 17.8 Å². The number of rotatable bonds is 8. The summed E-state index contributed by atoms with van der Waals surface area (Å²) in [7, 11) is 1.63. The summed E-state index contributed by atoms with van der Waals surface area (Å²) in [6, 6.07) is 21.1. The summed E-state index contributed by atoms with van der Waals surface area (Å²) in [5.74, 6) is 0. The minimum absolute atomic E-state index is 0.154. The van der Waals surface area contributed by atoms with E-state index in [1.165, 1.54) is 0 Å². The number of methoxy groups -OCH3 is 1. The third-order valence-electron chi connectivity index (χ3n) is 4.40. The van der Waals surface area contributed by atoms with Crippen molar-refractivity contribution in [2.75, 3.05) is 25.6 Å². The molecule has 6 heteroatoms. The molecule has 0 spiro atoms. The van der Waals surface area contributed by atoms with Crippen LogP contribution in [0.5, 0.6) is 0 Å². The summed E-state index contributed by atoms with van der Waals surface area (Å²) in [4.78, 5) is 14.5. The van der Waals surface area contributed by atoms with Crippen LogP contribution in [0.25, 0.3) is 0 Å². The maximum Gasteiger partial charge on any atom is 0.322 e. The van der Waals surface area contributed by atoms with E-state index in [1.54, 1.807) is 12.0 Å². The summed E-state index contributed by atoms with van der Waals surface area (Å²) < 4.78 is 7.31. The van der Waals surface area contributed by atoms with Crippen LogP contribution in [0.3, 0.4) is 0 Å². The highest BCUT2D eigenvalue weighted by atomic mass is 35.5. The highest BCUT2D eigenvalue weighted by Gasteiger charge is 2.16. The van der Waals surface area contributed by atoms with Gasteiger partial charge in [-0.3, -0.25) is 0 Å². The largest absolute Gasteiger partial charge is 0.383 e. The average Bonchev–Trinajstić information content (AvgIpc) is 3.12. The first kappa shape index (κ1) is 20.0. The van der Waals surface area contributed by atoms with E-state index in [2.05, 4.69) is 9.88 Å². The van der Waals surface area contributed by atoms with E-state index in [0.29, 0.717) is 26.2 Å². The first-order valence-corrected chi connectivity index (χ1v) is 9.52. The normalized spacial score (nSPS) is 10.6. The molecule has 0 aliphatic carbocycles. The molecule has 2 amide bonds. The van der Waals surface area contributed by atoms with Gasteiger partial charge in [0.15, 0.2) is 0 Å². The van der Waals surface area contributed by atoms with Gasteiger partial charge in [-0.2, -0.15) is 0 Å². The Balaban J connectivity index is 1.72. The zero-order valence-electron chi connectivity index (χ0n) is 15.8. The number of aromatic nitrogens is 1. The lowest BCUT2D eigenvalue weighted by atomic mass is 10.2. The molecule has 0 aliphatic heterocycles. The molecule has 3 aromatic rings. The second-order valence-electron chi connectivity index (χ2n) is 6.47. The molecule has 3 rings (SSSR count). The van der Waals surface area contributed by atoms with Gasteiger partial charge in [0, 0.05) is 42.8 Å². The molecule has 1 aromatic heterocycles. The Morgan fingerprint density at radius 2 is 1.93 bits per heavy atom. The van der Waals surface area contributed by atoms with Crippen LogP contribution in [0.4, 0.5) is 10.5 Å². The predicted octanol–water partition coefficient (Wildman–Crippen LogP) is 4.87. The average molecular weight is 398 g/mol. The van der Waals surface area contributed by atoms with Crippen molar-refractivity contribution in [1.29, 1.82) is 0 Å². The van der Waals surface area contributed by atoms with E-state index in [1.807, 2.05) is 72.9 Å². The molecule has 0 fully saturated rings. The van der Waals surface area contributed by atoms with Crippen LogP contribution in [0.15, 0.2) is 72.9 Å². The minimum Gasteiger partial charge on any atom is -0.383 e. The van der Waals surface area contributed by atoms with E-state index in [-0.39, 0.29) is 6.03 Å². The number of para-hydroxylation sites is 1. The van der Waals surface area contributed by atoms with Crippen molar-refractivity contribution in [3.63, 3.8) is 0 Å². The zero-order valence-corrected chi connectivity index (χ0v) is 16.6. The van der Waals surface area contributed by atoms with Gasteiger partial charge >= 0.3 is 6.03 Å². The monoisotopic (exact) mass is 397 g/mol. The third-order valence-corrected chi connectivity index (χ3v) is 4.63. The Morgan fingerprint density at radius 3 is 2.68 bits per heavy atom. The standard InChI is InChI=1S/C22H24ClN3O2/c1-28-14-13-26(22(27)24-20-9-3-2-4-10-20)17-21-11-6-12-25(21)16-18-7-5-8-19(23)15-18/h2-12,15H,13-14,16-17H2,1H3,(H,24,27). The number of nitrogens with zero attached hydrogens (tertiary/aromatic N) is 2. The number of urea groups is 1. The lowest BCUT2D eigenvalue weighted by Crippen LogP contribution is -2.37. The Bertz CT molecular complexity index is 896. The van der Waals surface area contributed by atoms with Gasteiger partial charge < -0.3 is 19.5 Å². The summed E-state index contributed by atoms with van der Waals surface area (Å²) >= 11 is 6.10. The molecule has 0 radical (unpaired) electrons. The first-order valence-electron chi connectivity index (χ1n) is 9.14. The Labute approximate surface area is 170 Å². The number of ether oxygens (including phenoxy) is 1. The van der Waals surface area contributed by atoms with Gasteiger partial charge in [0.25, 0.3) is 0 Å². The molecule has 1 N–H and O–H groups in total. The van der Waals surface area contributed by atoms with Crippen LogP contribution in [0, 0.1) is 0 Å². The van der Waals surface area contributed by atoms with Gasteiger partial charge in [-0.05, 0) is 42.0 Å². The number of benzene rings is 2. The summed E-state index contributed by atoms with van der Waals surface area (Å²) in [5.41, 5.74) is 2.92. The Hall–Kier alpha value is -2.76. The molecular formula is C22H24ClN3O2. The molecule has 0 unspecified atom stereocenters. The maximum atomic E-state index is 12.8. The number of amides is 2. The van der Waals surface area contributed by atoms with E-state index in [9.17, 15) is 4.79 Å². The van der Waals surface area contributed by atoms with E-state index >= 15 is 0 Å². The number of carbonyl (C=O) groups is 1. The third kappa shape index (κ3) is 5.62. The van der Waals surface area contributed by atoms with E-state index < -0.39 is 0 Å². The molecular weight excluding hydrogens is 374 g/mol. The van der Waals surface area contributed by atoms with Crippen molar-refractivity contribution in [3.05, 3.63) is 89.2 Å². The molecule has 0 atom stereocenters. The fourth-order valence-corrected chi connectivity index (χ4v) is 3.17. The number of carbonyl (C=O) groups excluding carboxylic acids is 1. The Kier molecular flexibility index (Phi) is 7.12. The fraction of sp³-hybridized carbons (Fsp3) is 0.227.